The van der Waals surface area contributed by atoms with Crippen LogP contribution in [0.2, 0.25) is 0 Å². The monoisotopic (exact) mass is 180 g/mol. The minimum Gasteiger partial charge on any atom is -0.428 e. The van der Waals surface area contributed by atoms with Gasteiger partial charge in [-0.25, -0.2) is 4.79 Å². The van der Waals surface area contributed by atoms with Gasteiger partial charge in [0.05, 0.1) is 6.10 Å². The quantitative estimate of drug-likeness (QED) is 0.569. The maximum atomic E-state index is 11.0. The molecule has 1 N–H and O–H groups in total. The Bertz CT molecular complexity index is 301. The van der Waals surface area contributed by atoms with Crippen molar-refractivity contribution in [2.75, 3.05) is 0 Å². The van der Waals surface area contributed by atoms with Crippen molar-refractivity contribution in [2.45, 2.75) is 25.9 Å². The topological polar surface area (TPSA) is 46.5 Å². The lowest BCUT2D eigenvalue weighted by Crippen LogP contribution is -2.25. The first-order chi connectivity index (χ1) is 6.16. The molecule has 0 aromatic heterocycles. The number of hydrogen-bond donors (Lipinski definition) is 1. The molecule has 70 valence electrons. The molecule has 0 aromatic rings. The van der Waals surface area contributed by atoms with E-state index in [9.17, 15) is 9.90 Å². The summed E-state index contributed by atoms with van der Waals surface area (Å²) in [5.74, 6) is 0.513. The highest BCUT2D eigenvalue weighted by Gasteiger charge is 2.29. The van der Waals surface area contributed by atoms with Crippen molar-refractivity contribution in [3.05, 3.63) is 23.5 Å². The van der Waals surface area contributed by atoms with E-state index in [0.717, 1.165) is 18.4 Å². The van der Waals surface area contributed by atoms with E-state index >= 15 is 0 Å². The lowest BCUT2D eigenvalue weighted by Gasteiger charge is -2.29. The van der Waals surface area contributed by atoms with E-state index in [0.29, 0.717) is 5.76 Å². The summed E-state index contributed by atoms with van der Waals surface area (Å²) >= 11 is 0. The molecule has 1 aliphatic carbocycles. The number of rotatable bonds is 0. The van der Waals surface area contributed by atoms with E-state index in [1.165, 1.54) is 6.08 Å². The molecule has 0 aromatic carbocycles. The Morgan fingerprint density at radius 2 is 2.31 bits per heavy atom. The second-order valence-corrected chi connectivity index (χ2v) is 3.58. The van der Waals surface area contributed by atoms with Crippen LogP contribution in [-0.2, 0) is 9.53 Å². The lowest BCUT2D eigenvalue weighted by atomic mass is 9.85. The number of esters is 1. The fourth-order valence-electron chi connectivity index (χ4n) is 1.86. The highest BCUT2D eigenvalue weighted by atomic mass is 16.5. The van der Waals surface area contributed by atoms with Crippen molar-refractivity contribution in [1.29, 1.82) is 0 Å². The summed E-state index contributed by atoms with van der Waals surface area (Å²) in [7, 11) is 0. The van der Waals surface area contributed by atoms with Crippen LogP contribution < -0.4 is 0 Å². The third-order valence-corrected chi connectivity index (χ3v) is 2.56. The first kappa shape index (κ1) is 8.51. The normalized spacial score (nSPS) is 32.9. The highest BCUT2D eigenvalue weighted by molar-refractivity contribution is 5.85. The maximum Gasteiger partial charge on any atom is 0.335 e. The largest absolute Gasteiger partial charge is 0.428 e. The van der Waals surface area contributed by atoms with Gasteiger partial charge in [0.2, 0.25) is 0 Å². The molecular formula is C10H12O3. The first-order valence-electron chi connectivity index (χ1n) is 4.46. The predicted octanol–water partition coefficient (Wildman–Crippen LogP) is 1.14. The van der Waals surface area contributed by atoms with Crippen molar-refractivity contribution in [3.63, 3.8) is 0 Å². The van der Waals surface area contributed by atoms with Gasteiger partial charge in [0.15, 0.2) is 0 Å². The smallest absolute Gasteiger partial charge is 0.335 e. The summed E-state index contributed by atoms with van der Waals surface area (Å²) in [5, 5.41) is 9.33. The standard InChI is InChI=1S/C10H12O3/c1-6-4-10(12)13-9-5-7(11)2-3-8(6)9/h4-5,7-8,11H,2-3H2,1H3. The molecule has 0 saturated heterocycles. The molecule has 2 aliphatic rings. The number of carbonyl (C=O) groups excluding carboxylic acids is 1. The van der Waals surface area contributed by atoms with Gasteiger partial charge < -0.3 is 9.84 Å². The Hall–Kier alpha value is -1.09. The predicted molar refractivity (Wildman–Crippen MR) is 46.7 cm³/mol. The zero-order valence-electron chi connectivity index (χ0n) is 7.49. The Morgan fingerprint density at radius 3 is 3.08 bits per heavy atom. The molecule has 3 nitrogen and oxygen atoms in total. The fraction of sp³-hybridized carbons (Fsp3) is 0.500. The molecule has 0 bridgehead atoms. The Balaban J connectivity index is 2.32. The molecule has 2 unspecified atom stereocenters. The van der Waals surface area contributed by atoms with Gasteiger partial charge >= 0.3 is 5.97 Å². The van der Waals surface area contributed by atoms with E-state index in [1.807, 2.05) is 6.92 Å². The molecule has 2 rings (SSSR count). The van der Waals surface area contributed by atoms with Crippen LogP contribution in [0.15, 0.2) is 23.5 Å². The Morgan fingerprint density at radius 1 is 1.54 bits per heavy atom. The van der Waals surface area contributed by atoms with Crippen LogP contribution in [0.1, 0.15) is 19.8 Å². The number of carbonyl (C=O) groups is 1. The van der Waals surface area contributed by atoms with E-state index in [1.54, 1.807) is 6.08 Å². The van der Waals surface area contributed by atoms with Crippen LogP contribution in [0.25, 0.3) is 0 Å². The Labute approximate surface area is 76.7 Å². The van der Waals surface area contributed by atoms with Crippen LogP contribution in [0, 0.1) is 5.92 Å². The fourth-order valence-corrected chi connectivity index (χ4v) is 1.86. The second-order valence-electron chi connectivity index (χ2n) is 3.58. The number of ether oxygens (including phenoxy) is 1. The number of allylic oxidation sites excluding steroid dienone is 1. The summed E-state index contributed by atoms with van der Waals surface area (Å²) < 4.78 is 5.02. The van der Waals surface area contributed by atoms with Crippen LogP contribution in [0.3, 0.4) is 0 Å². The van der Waals surface area contributed by atoms with Gasteiger partial charge in [-0.05, 0) is 25.8 Å². The highest BCUT2D eigenvalue weighted by Crippen LogP contribution is 2.34. The average molecular weight is 180 g/mol. The van der Waals surface area contributed by atoms with Gasteiger partial charge in [-0.15, -0.1) is 0 Å². The zero-order chi connectivity index (χ0) is 9.42. The van der Waals surface area contributed by atoms with Crippen molar-refractivity contribution < 1.29 is 14.6 Å². The van der Waals surface area contributed by atoms with Gasteiger partial charge in [-0.3, -0.25) is 0 Å². The molecule has 0 spiro atoms. The number of aliphatic hydroxyl groups is 1. The van der Waals surface area contributed by atoms with Gasteiger partial charge in [0, 0.05) is 12.0 Å². The molecule has 0 fully saturated rings. The molecule has 1 heterocycles. The number of aliphatic hydroxyl groups excluding tert-OH is 1. The summed E-state index contributed by atoms with van der Waals surface area (Å²) in [5.41, 5.74) is 1.04. The van der Waals surface area contributed by atoms with E-state index in [4.69, 9.17) is 4.74 Å². The Kier molecular flexibility index (Phi) is 1.96. The molecule has 0 amide bonds. The lowest BCUT2D eigenvalue weighted by molar-refractivity contribution is -0.135. The molecule has 3 heteroatoms. The summed E-state index contributed by atoms with van der Waals surface area (Å²) in [4.78, 5) is 11.0. The SMILES string of the molecule is CC1=CC(=O)OC2=CC(O)CCC12. The van der Waals surface area contributed by atoms with Gasteiger partial charge in [0.1, 0.15) is 5.76 Å². The van der Waals surface area contributed by atoms with Crippen LogP contribution in [0.5, 0.6) is 0 Å². The molecule has 1 aliphatic heterocycles. The van der Waals surface area contributed by atoms with E-state index in [2.05, 4.69) is 0 Å². The first-order valence-corrected chi connectivity index (χ1v) is 4.46. The number of fused-ring (bicyclic) bond motifs is 1. The molecule has 13 heavy (non-hydrogen) atoms. The minimum absolute atomic E-state index is 0.209. The van der Waals surface area contributed by atoms with Gasteiger partial charge in [-0.2, -0.15) is 0 Å². The third kappa shape index (κ3) is 1.52. The molecular weight excluding hydrogens is 168 g/mol. The van der Waals surface area contributed by atoms with Crippen molar-refractivity contribution in [3.8, 4) is 0 Å². The van der Waals surface area contributed by atoms with Crippen LogP contribution in [0.4, 0.5) is 0 Å². The van der Waals surface area contributed by atoms with Crippen molar-refractivity contribution in [1.82, 2.24) is 0 Å². The van der Waals surface area contributed by atoms with Crippen molar-refractivity contribution >= 4 is 5.97 Å². The zero-order valence-corrected chi connectivity index (χ0v) is 7.49. The van der Waals surface area contributed by atoms with E-state index < -0.39 is 6.10 Å². The summed E-state index contributed by atoms with van der Waals surface area (Å²) in [6.07, 6.45) is 4.33. The van der Waals surface area contributed by atoms with Crippen molar-refractivity contribution in [2.24, 2.45) is 5.92 Å². The molecule has 2 atom stereocenters. The second kappa shape index (κ2) is 3.00. The van der Waals surface area contributed by atoms with Gasteiger partial charge in [0.25, 0.3) is 0 Å². The third-order valence-electron chi connectivity index (χ3n) is 2.56. The molecule has 0 saturated carbocycles. The van der Waals surface area contributed by atoms with Gasteiger partial charge in [-0.1, -0.05) is 5.57 Å². The van der Waals surface area contributed by atoms with Crippen LogP contribution >= 0.6 is 0 Å². The summed E-state index contributed by atoms with van der Waals surface area (Å²) in [6, 6.07) is 0. The molecule has 0 radical (unpaired) electrons. The number of hydrogen-bond acceptors (Lipinski definition) is 3. The van der Waals surface area contributed by atoms with Crippen LogP contribution in [-0.4, -0.2) is 17.2 Å². The minimum atomic E-state index is -0.454. The summed E-state index contributed by atoms with van der Waals surface area (Å²) in [6.45, 7) is 1.93. The maximum absolute atomic E-state index is 11.0. The van der Waals surface area contributed by atoms with E-state index in [-0.39, 0.29) is 11.9 Å². The average Bonchev–Trinajstić information content (AvgIpc) is 2.02.